The van der Waals surface area contributed by atoms with Crippen LogP contribution in [0.5, 0.6) is 5.75 Å². The van der Waals surface area contributed by atoms with E-state index < -0.39 is 20.0 Å². The van der Waals surface area contributed by atoms with E-state index in [9.17, 15) is 21.6 Å². The number of hydrogen-bond donors (Lipinski definition) is 2. The van der Waals surface area contributed by atoms with Crippen LogP contribution in [0.1, 0.15) is 30.4 Å². The van der Waals surface area contributed by atoms with E-state index in [-0.39, 0.29) is 28.8 Å². The lowest BCUT2D eigenvalue weighted by molar-refractivity contribution is -0.123. The fourth-order valence-electron chi connectivity index (χ4n) is 3.98. The second-order valence-electron chi connectivity index (χ2n) is 9.12. The number of anilines is 1. The van der Waals surface area contributed by atoms with E-state index in [0.29, 0.717) is 24.5 Å². The molecule has 0 atom stereocenters. The minimum absolute atomic E-state index is 0.0700. The van der Waals surface area contributed by atoms with Crippen molar-refractivity contribution in [2.45, 2.75) is 42.5 Å². The zero-order valence-corrected chi connectivity index (χ0v) is 22.7. The first kappa shape index (κ1) is 27.6. The molecule has 1 fully saturated rings. The molecule has 0 bridgehead atoms. The Morgan fingerprint density at radius 3 is 2.05 bits per heavy atom. The highest BCUT2D eigenvalue weighted by atomic mass is 32.2. The van der Waals surface area contributed by atoms with Crippen molar-refractivity contribution in [3.8, 4) is 5.75 Å². The van der Waals surface area contributed by atoms with Gasteiger partial charge in [-0.15, -0.1) is 0 Å². The van der Waals surface area contributed by atoms with Crippen molar-refractivity contribution >= 4 is 31.6 Å². The molecular formula is C27H31N3O6S2. The predicted molar refractivity (Wildman–Crippen MR) is 145 cm³/mol. The molecule has 9 nitrogen and oxygen atoms in total. The van der Waals surface area contributed by atoms with Gasteiger partial charge in [0.15, 0.2) is 6.61 Å². The number of amides is 1. The number of carbonyl (C=O) groups is 1. The number of hydrogen-bond acceptors (Lipinski definition) is 6. The van der Waals surface area contributed by atoms with Gasteiger partial charge in [0.1, 0.15) is 5.75 Å². The Hall–Kier alpha value is -3.41. The molecule has 0 radical (unpaired) electrons. The number of rotatable bonds is 10. The molecule has 3 aromatic rings. The van der Waals surface area contributed by atoms with Gasteiger partial charge in [-0.2, -0.15) is 4.31 Å². The molecule has 4 rings (SSSR count). The van der Waals surface area contributed by atoms with Crippen LogP contribution < -0.4 is 14.8 Å². The Balaban J connectivity index is 1.25. The van der Waals surface area contributed by atoms with Gasteiger partial charge in [-0.1, -0.05) is 36.2 Å². The van der Waals surface area contributed by atoms with Crippen molar-refractivity contribution < 1.29 is 26.4 Å². The van der Waals surface area contributed by atoms with Gasteiger partial charge >= 0.3 is 0 Å². The Kier molecular flexibility index (Phi) is 8.70. The largest absolute Gasteiger partial charge is 0.484 e. The molecule has 202 valence electrons. The van der Waals surface area contributed by atoms with E-state index in [2.05, 4.69) is 10.0 Å². The number of ether oxygens (including phenoxy) is 1. The first-order chi connectivity index (χ1) is 18.1. The Bertz CT molecular complexity index is 1450. The molecule has 0 spiro atoms. The summed E-state index contributed by atoms with van der Waals surface area (Å²) in [4.78, 5) is 12.5. The van der Waals surface area contributed by atoms with Gasteiger partial charge in [0.05, 0.1) is 9.79 Å². The molecule has 0 unspecified atom stereocenters. The number of carbonyl (C=O) groups excluding carboxylic acids is 1. The first-order valence-corrected chi connectivity index (χ1v) is 15.2. The van der Waals surface area contributed by atoms with Crippen LogP contribution in [0.15, 0.2) is 82.6 Å². The summed E-state index contributed by atoms with van der Waals surface area (Å²) in [5.74, 6) is -0.0190. The highest BCUT2D eigenvalue weighted by Crippen LogP contribution is 2.22. The maximum Gasteiger partial charge on any atom is 0.261 e. The lowest BCUT2D eigenvalue weighted by Crippen LogP contribution is -2.35. The van der Waals surface area contributed by atoms with Gasteiger partial charge < -0.3 is 10.1 Å². The lowest BCUT2D eigenvalue weighted by atomic mass is 10.2. The SMILES string of the molecule is Cc1ccc(NS(=O)(=O)c2ccc(OCC(=O)NCc3ccc(S(=O)(=O)N4CCCCC4)cc3)cc2)cc1. The van der Waals surface area contributed by atoms with E-state index in [0.717, 1.165) is 30.4 Å². The van der Waals surface area contributed by atoms with Gasteiger partial charge in [0, 0.05) is 25.3 Å². The van der Waals surface area contributed by atoms with E-state index in [1.54, 1.807) is 36.4 Å². The fourth-order valence-corrected chi connectivity index (χ4v) is 6.56. The average Bonchev–Trinajstić information content (AvgIpc) is 2.93. The van der Waals surface area contributed by atoms with Gasteiger partial charge in [-0.25, -0.2) is 16.8 Å². The van der Waals surface area contributed by atoms with Crippen LogP contribution >= 0.6 is 0 Å². The van der Waals surface area contributed by atoms with Crippen molar-refractivity contribution in [2.24, 2.45) is 0 Å². The topological polar surface area (TPSA) is 122 Å². The Morgan fingerprint density at radius 2 is 1.42 bits per heavy atom. The number of nitrogens with zero attached hydrogens (tertiary/aromatic N) is 1. The molecule has 1 aliphatic rings. The van der Waals surface area contributed by atoms with Crippen molar-refractivity contribution in [3.05, 3.63) is 83.9 Å². The summed E-state index contributed by atoms with van der Waals surface area (Å²) in [6.45, 7) is 2.97. The number of benzene rings is 3. The van der Waals surface area contributed by atoms with Crippen molar-refractivity contribution in [3.63, 3.8) is 0 Å². The summed E-state index contributed by atoms with van der Waals surface area (Å²) in [5, 5.41) is 2.73. The third-order valence-corrected chi connectivity index (χ3v) is 9.48. The van der Waals surface area contributed by atoms with Crippen LogP contribution in [0.25, 0.3) is 0 Å². The minimum Gasteiger partial charge on any atom is -0.484 e. The molecule has 0 aromatic heterocycles. The van der Waals surface area contributed by atoms with Gasteiger partial charge in [-0.3, -0.25) is 9.52 Å². The summed E-state index contributed by atoms with van der Waals surface area (Å²) >= 11 is 0. The van der Waals surface area contributed by atoms with Crippen LogP contribution in [-0.2, 0) is 31.4 Å². The van der Waals surface area contributed by atoms with Gasteiger partial charge in [0.2, 0.25) is 10.0 Å². The van der Waals surface area contributed by atoms with E-state index in [4.69, 9.17) is 4.74 Å². The van der Waals surface area contributed by atoms with Crippen molar-refractivity contribution in [1.82, 2.24) is 9.62 Å². The average molecular weight is 558 g/mol. The molecule has 11 heteroatoms. The monoisotopic (exact) mass is 557 g/mol. The first-order valence-electron chi connectivity index (χ1n) is 12.3. The number of piperidine rings is 1. The molecule has 0 saturated carbocycles. The second kappa shape index (κ2) is 12.0. The van der Waals surface area contributed by atoms with Crippen LogP contribution in [0.2, 0.25) is 0 Å². The van der Waals surface area contributed by atoms with Crippen LogP contribution in [0.4, 0.5) is 5.69 Å². The summed E-state index contributed by atoms with van der Waals surface area (Å²) in [5.41, 5.74) is 2.24. The summed E-state index contributed by atoms with van der Waals surface area (Å²) in [7, 11) is -7.25. The second-order valence-corrected chi connectivity index (χ2v) is 12.7. The fraction of sp³-hybridized carbons (Fsp3) is 0.296. The molecule has 3 aromatic carbocycles. The number of nitrogens with one attached hydrogen (secondary N) is 2. The smallest absolute Gasteiger partial charge is 0.261 e. The highest BCUT2D eigenvalue weighted by molar-refractivity contribution is 7.92. The third kappa shape index (κ3) is 7.12. The molecule has 1 heterocycles. The van der Waals surface area contributed by atoms with Crippen LogP contribution in [-0.4, -0.2) is 46.7 Å². The third-order valence-electron chi connectivity index (χ3n) is 6.17. The Morgan fingerprint density at radius 1 is 0.816 bits per heavy atom. The minimum atomic E-state index is -3.76. The number of aryl methyl sites for hydroxylation is 1. The number of sulfonamides is 2. The summed E-state index contributed by atoms with van der Waals surface area (Å²) in [6, 6.07) is 19.3. The molecule has 1 amide bonds. The predicted octanol–water partition coefficient (Wildman–Crippen LogP) is 3.67. The van der Waals surface area contributed by atoms with E-state index in [1.807, 2.05) is 19.1 Å². The van der Waals surface area contributed by atoms with Crippen LogP contribution in [0, 0.1) is 6.92 Å². The van der Waals surface area contributed by atoms with Crippen LogP contribution in [0.3, 0.4) is 0 Å². The molecule has 2 N–H and O–H groups in total. The quantitative estimate of drug-likeness (QED) is 0.392. The lowest BCUT2D eigenvalue weighted by Gasteiger charge is -2.25. The summed E-state index contributed by atoms with van der Waals surface area (Å²) in [6.07, 6.45) is 2.80. The highest BCUT2D eigenvalue weighted by Gasteiger charge is 2.25. The normalized spacial score (nSPS) is 14.6. The maximum absolute atomic E-state index is 12.8. The standard InChI is InChI=1S/C27H31N3O6S2/c1-21-5-9-23(10-6-21)29-37(32,33)25-15-11-24(12-16-25)36-20-27(31)28-19-22-7-13-26(14-8-22)38(34,35)30-17-3-2-4-18-30/h5-16,29H,2-4,17-20H2,1H3,(H,28,31). The zero-order chi connectivity index (χ0) is 27.2. The molecule has 0 aliphatic carbocycles. The van der Waals surface area contributed by atoms with Crippen molar-refractivity contribution in [2.75, 3.05) is 24.4 Å². The van der Waals surface area contributed by atoms with Crippen molar-refractivity contribution in [1.29, 1.82) is 0 Å². The Labute approximate surface area is 223 Å². The van der Waals surface area contributed by atoms with E-state index in [1.165, 1.54) is 28.6 Å². The molecular weight excluding hydrogens is 526 g/mol. The maximum atomic E-state index is 12.8. The summed E-state index contributed by atoms with van der Waals surface area (Å²) < 4.78 is 60.2. The van der Waals surface area contributed by atoms with Gasteiger partial charge in [0.25, 0.3) is 15.9 Å². The van der Waals surface area contributed by atoms with E-state index >= 15 is 0 Å². The molecule has 1 aliphatic heterocycles. The molecule has 1 saturated heterocycles. The zero-order valence-electron chi connectivity index (χ0n) is 21.1. The van der Waals surface area contributed by atoms with Gasteiger partial charge in [-0.05, 0) is 73.9 Å². The molecule has 38 heavy (non-hydrogen) atoms.